The van der Waals surface area contributed by atoms with Crippen molar-refractivity contribution in [3.63, 3.8) is 0 Å². The molecule has 0 fully saturated rings. The van der Waals surface area contributed by atoms with E-state index in [1.165, 1.54) is 11.3 Å². The lowest BCUT2D eigenvalue weighted by atomic mass is 10.2. The number of anilines is 3. The van der Waals surface area contributed by atoms with Gasteiger partial charge >= 0.3 is 5.97 Å². The van der Waals surface area contributed by atoms with Gasteiger partial charge in [0.05, 0.1) is 18.7 Å². The van der Waals surface area contributed by atoms with Gasteiger partial charge in [0, 0.05) is 16.8 Å². The van der Waals surface area contributed by atoms with Crippen LogP contribution < -0.4 is 11.1 Å². The summed E-state index contributed by atoms with van der Waals surface area (Å²) in [5.41, 5.74) is 9.16. The summed E-state index contributed by atoms with van der Waals surface area (Å²) in [7, 11) is 0. The Labute approximate surface area is 121 Å². The second kappa shape index (κ2) is 6.38. The summed E-state index contributed by atoms with van der Waals surface area (Å²) in [6.45, 7) is 4.15. The maximum absolute atomic E-state index is 11.4. The van der Waals surface area contributed by atoms with Gasteiger partial charge in [-0.1, -0.05) is 0 Å². The first kappa shape index (κ1) is 14.3. The lowest BCUT2D eigenvalue weighted by Crippen LogP contribution is -2.07. The first-order chi connectivity index (χ1) is 9.58. The zero-order chi connectivity index (χ0) is 14.5. The van der Waals surface area contributed by atoms with Gasteiger partial charge in [0.1, 0.15) is 0 Å². The van der Waals surface area contributed by atoms with Crippen LogP contribution in [-0.4, -0.2) is 17.6 Å². The van der Waals surface area contributed by atoms with E-state index in [-0.39, 0.29) is 12.4 Å². The smallest absolute Gasteiger partial charge is 0.311 e. The average Bonchev–Trinajstić information content (AvgIpc) is 2.80. The zero-order valence-corrected chi connectivity index (χ0v) is 12.3. The second-order valence-corrected chi connectivity index (χ2v) is 5.18. The number of nitrogens with two attached hydrogens (primary N) is 1. The Bertz CT molecular complexity index is 610. The number of nitrogen functional groups attached to an aromatic ring is 1. The molecule has 3 N–H and O–H groups in total. The van der Waals surface area contributed by atoms with Crippen LogP contribution >= 0.6 is 11.3 Å². The fourth-order valence-electron chi connectivity index (χ4n) is 1.75. The number of hydrogen-bond acceptors (Lipinski definition) is 6. The minimum absolute atomic E-state index is 0.201. The molecular formula is C14H17N3O2S. The molecule has 0 saturated heterocycles. The fraction of sp³-hybridized carbons (Fsp3) is 0.286. The van der Waals surface area contributed by atoms with Gasteiger partial charge in [-0.2, -0.15) is 0 Å². The molecular weight excluding hydrogens is 274 g/mol. The predicted octanol–water partition coefficient (Wildman–Crippen LogP) is 2.88. The Balaban J connectivity index is 2.04. The van der Waals surface area contributed by atoms with E-state index in [4.69, 9.17) is 10.5 Å². The molecule has 0 amide bonds. The van der Waals surface area contributed by atoms with Crippen molar-refractivity contribution < 1.29 is 9.53 Å². The van der Waals surface area contributed by atoms with Crippen molar-refractivity contribution in [2.45, 2.75) is 20.3 Å². The van der Waals surface area contributed by atoms with Gasteiger partial charge in [-0.05, 0) is 37.6 Å². The number of ether oxygens (including phenoxy) is 1. The standard InChI is InChI=1S/C14H17N3O2S/c1-3-19-13(18)7-11-8-20-14(16-11)17-12-5-4-10(15)6-9(12)2/h4-6,8H,3,7,15H2,1-2H3,(H,16,17). The third kappa shape index (κ3) is 3.71. The molecule has 0 spiro atoms. The fourth-order valence-corrected chi connectivity index (χ4v) is 2.47. The Morgan fingerprint density at radius 2 is 2.30 bits per heavy atom. The lowest BCUT2D eigenvalue weighted by molar-refractivity contribution is -0.142. The highest BCUT2D eigenvalue weighted by Gasteiger charge is 2.09. The van der Waals surface area contributed by atoms with E-state index in [1.54, 1.807) is 6.92 Å². The predicted molar refractivity (Wildman–Crippen MR) is 81.3 cm³/mol. The van der Waals surface area contributed by atoms with Crippen LogP contribution in [0.4, 0.5) is 16.5 Å². The molecule has 1 heterocycles. The van der Waals surface area contributed by atoms with Gasteiger partial charge in [-0.15, -0.1) is 11.3 Å². The van der Waals surface area contributed by atoms with Crippen molar-refractivity contribution in [3.8, 4) is 0 Å². The summed E-state index contributed by atoms with van der Waals surface area (Å²) in [5, 5.41) is 5.83. The van der Waals surface area contributed by atoms with Crippen LogP contribution in [0.2, 0.25) is 0 Å². The Morgan fingerprint density at radius 1 is 1.50 bits per heavy atom. The SMILES string of the molecule is CCOC(=O)Cc1csc(Nc2ccc(N)cc2C)n1. The molecule has 0 aliphatic rings. The molecule has 0 saturated carbocycles. The van der Waals surface area contributed by atoms with Crippen molar-refractivity contribution in [1.29, 1.82) is 0 Å². The highest BCUT2D eigenvalue weighted by atomic mass is 32.1. The van der Waals surface area contributed by atoms with Gasteiger partial charge in [0.2, 0.25) is 0 Å². The molecule has 5 nitrogen and oxygen atoms in total. The van der Waals surface area contributed by atoms with Crippen molar-refractivity contribution in [2.24, 2.45) is 0 Å². The molecule has 20 heavy (non-hydrogen) atoms. The largest absolute Gasteiger partial charge is 0.466 e. The number of rotatable bonds is 5. The summed E-state index contributed by atoms with van der Waals surface area (Å²) < 4.78 is 4.90. The van der Waals surface area contributed by atoms with Crippen LogP contribution in [0.3, 0.4) is 0 Å². The van der Waals surface area contributed by atoms with Crippen LogP contribution in [0.25, 0.3) is 0 Å². The van der Waals surface area contributed by atoms with Gasteiger partial charge in [0.15, 0.2) is 5.13 Å². The topological polar surface area (TPSA) is 77.2 Å². The molecule has 2 rings (SSSR count). The summed E-state index contributed by atoms with van der Waals surface area (Å²) >= 11 is 1.46. The quantitative estimate of drug-likeness (QED) is 0.654. The third-order valence-corrected chi connectivity index (χ3v) is 3.48. The molecule has 2 aromatic rings. The second-order valence-electron chi connectivity index (χ2n) is 4.33. The molecule has 106 valence electrons. The molecule has 1 aromatic heterocycles. The van der Waals surface area contributed by atoms with Crippen molar-refractivity contribution in [3.05, 3.63) is 34.8 Å². The molecule has 1 aromatic carbocycles. The highest BCUT2D eigenvalue weighted by molar-refractivity contribution is 7.13. The molecule has 0 aliphatic carbocycles. The van der Waals surface area contributed by atoms with Crippen LogP contribution in [0.1, 0.15) is 18.2 Å². The maximum atomic E-state index is 11.4. The summed E-state index contributed by atoms with van der Waals surface area (Å²) in [6.07, 6.45) is 0.201. The summed E-state index contributed by atoms with van der Waals surface area (Å²) in [5.74, 6) is -0.256. The van der Waals surface area contributed by atoms with E-state index in [2.05, 4.69) is 10.3 Å². The molecule has 0 atom stereocenters. The number of aryl methyl sites for hydroxylation is 1. The van der Waals surface area contributed by atoms with Crippen molar-refractivity contribution in [1.82, 2.24) is 4.98 Å². The van der Waals surface area contributed by atoms with E-state index in [0.717, 1.165) is 22.1 Å². The van der Waals surface area contributed by atoms with E-state index in [0.29, 0.717) is 12.3 Å². The first-order valence-corrected chi connectivity index (χ1v) is 7.19. The molecule has 0 unspecified atom stereocenters. The number of benzene rings is 1. The van der Waals surface area contributed by atoms with E-state index in [9.17, 15) is 4.79 Å². The van der Waals surface area contributed by atoms with Gasteiger partial charge in [-0.3, -0.25) is 4.79 Å². The first-order valence-electron chi connectivity index (χ1n) is 6.31. The van der Waals surface area contributed by atoms with Crippen LogP contribution in [-0.2, 0) is 16.0 Å². The monoisotopic (exact) mass is 291 g/mol. The minimum atomic E-state index is -0.256. The molecule has 0 aliphatic heterocycles. The third-order valence-electron chi connectivity index (χ3n) is 2.67. The summed E-state index contributed by atoms with van der Waals surface area (Å²) in [4.78, 5) is 15.7. The van der Waals surface area contributed by atoms with Crippen molar-refractivity contribution >= 4 is 33.8 Å². The molecule has 0 bridgehead atoms. The zero-order valence-electron chi connectivity index (χ0n) is 11.5. The molecule has 6 heteroatoms. The van der Waals surface area contributed by atoms with Gasteiger partial charge < -0.3 is 15.8 Å². The van der Waals surface area contributed by atoms with E-state index in [1.807, 2.05) is 30.5 Å². The number of carbonyl (C=O) groups excluding carboxylic acids is 1. The van der Waals surface area contributed by atoms with E-state index < -0.39 is 0 Å². The number of carbonyl (C=O) groups is 1. The Kier molecular flexibility index (Phi) is 4.57. The Morgan fingerprint density at radius 3 is 3.00 bits per heavy atom. The summed E-state index contributed by atoms with van der Waals surface area (Å²) in [6, 6.07) is 5.65. The maximum Gasteiger partial charge on any atom is 0.311 e. The normalized spacial score (nSPS) is 10.3. The van der Waals surface area contributed by atoms with Crippen LogP contribution in [0.15, 0.2) is 23.6 Å². The number of aromatic nitrogens is 1. The minimum Gasteiger partial charge on any atom is -0.466 e. The van der Waals surface area contributed by atoms with Crippen LogP contribution in [0, 0.1) is 6.92 Å². The van der Waals surface area contributed by atoms with Gasteiger partial charge in [0.25, 0.3) is 0 Å². The Hall–Kier alpha value is -2.08. The number of hydrogen-bond donors (Lipinski definition) is 2. The van der Waals surface area contributed by atoms with Crippen molar-refractivity contribution in [2.75, 3.05) is 17.7 Å². The van der Waals surface area contributed by atoms with Crippen LogP contribution in [0.5, 0.6) is 0 Å². The number of esters is 1. The van der Waals surface area contributed by atoms with E-state index >= 15 is 0 Å². The number of nitrogens with one attached hydrogen (secondary N) is 1. The number of thiazole rings is 1. The van der Waals surface area contributed by atoms with Gasteiger partial charge in [-0.25, -0.2) is 4.98 Å². The highest BCUT2D eigenvalue weighted by Crippen LogP contribution is 2.25. The lowest BCUT2D eigenvalue weighted by Gasteiger charge is -2.07. The number of nitrogens with zero attached hydrogens (tertiary/aromatic N) is 1. The average molecular weight is 291 g/mol. The molecule has 0 radical (unpaired) electrons.